The molecule has 0 amide bonds. The number of carbonyl (C=O) groups is 1. The van der Waals surface area contributed by atoms with Gasteiger partial charge in [-0.3, -0.25) is 10.1 Å². The lowest BCUT2D eigenvalue weighted by Crippen LogP contribution is -2.36. The molecule has 0 saturated heterocycles. The van der Waals surface area contributed by atoms with Crippen LogP contribution in [0.4, 0.5) is 0 Å². The fourth-order valence-corrected chi connectivity index (χ4v) is 2.25. The predicted molar refractivity (Wildman–Crippen MR) is 62.4 cm³/mol. The Kier molecular flexibility index (Phi) is 4.57. The van der Waals surface area contributed by atoms with Crippen molar-refractivity contribution in [3.63, 3.8) is 0 Å². The van der Waals surface area contributed by atoms with Crippen LogP contribution in [0.25, 0.3) is 0 Å². The van der Waals surface area contributed by atoms with E-state index in [1.165, 1.54) is 18.4 Å². The second kappa shape index (κ2) is 5.49. The molecule has 0 aromatic carbocycles. The van der Waals surface area contributed by atoms with Gasteiger partial charge in [-0.2, -0.15) is 0 Å². The van der Waals surface area contributed by atoms with Gasteiger partial charge in [-0.05, 0) is 30.9 Å². The van der Waals surface area contributed by atoms with Crippen molar-refractivity contribution in [3.8, 4) is 0 Å². The second-order valence-electron chi connectivity index (χ2n) is 3.32. The normalized spacial score (nSPS) is 14.7. The van der Waals surface area contributed by atoms with Crippen LogP contribution in [0, 0.1) is 0 Å². The maximum absolute atomic E-state index is 11.2. The van der Waals surface area contributed by atoms with Crippen molar-refractivity contribution in [3.05, 3.63) is 21.3 Å². The Balaban J connectivity index is 2.55. The van der Waals surface area contributed by atoms with Gasteiger partial charge in [-0.15, -0.1) is 11.3 Å². The van der Waals surface area contributed by atoms with E-state index in [9.17, 15) is 4.79 Å². The molecule has 2 atom stereocenters. The number of ether oxygens (including phenoxy) is 1. The van der Waals surface area contributed by atoms with E-state index in [-0.39, 0.29) is 18.1 Å². The van der Waals surface area contributed by atoms with Gasteiger partial charge in [0, 0.05) is 6.04 Å². The number of rotatable bonds is 4. The molecule has 1 aromatic heterocycles. The number of thiophene rings is 1. The summed E-state index contributed by atoms with van der Waals surface area (Å²) in [4.78, 5) is 11.2. The van der Waals surface area contributed by atoms with Crippen LogP contribution < -0.4 is 5.32 Å². The third-order valence-electron chi connectivity index (χ3n) is 2.14. The van der Waals surface area contributed by atoms with E-state index in [0.717, 1.165) is 9.90 Å². The highest BCUT2D eigenvalue weighted by molar-refractivity contribution is 7.14. The molecule has 15 heavy (non-hydrogen) atoms. The summed E-state index contributed by atoms with van der Waals surface area (Å²) in [5, 5.41) is 5.11. The van der Waals surface area contributed by atoms with Crippen molar-refractivity contribution in [2.45, 2.75) is 25.9 Å². The minimum Gasteiger partial charge on any atom is -0.468 e. The first-order valence-corrected chi connectivity index (χ1v) is 5.88. The summed E-state index contributed by atoms with van der Waals surface area (Å²) in [5.74, 6) is -0.261. The molecule has 1 N–H and O–H groups in total. The lowest BCUT2D eigenvalue weighted by molar-refractivity contribution is -0.142. The van der Waals surface area contributed by atoms with Crippen LogP contribution in [0.5, 0.6) is 0 Å². The van der Waals surface area contributed by atoms with Crippen LogP contribution in [0.1, 0.15) is 25.5 Å². The van der Waals surface area contributed by atoms with E-state index >= 15 is 0 Å². The summed E-state index contributed by atoms with van der Waals surface area (Å²) in [6.45, 7) is 3.76. The Labute approximate surface area is 98.4 Å². The number of hydrogen-bond acceptors (Lipinski definition) is 4. The van der Waals surface area contributed by atoms with Gasteiger partial charge in [0.25, 0.3) is 0 Å². The zero-order valence-electron chi connectivity index (χ0n) is 8.91. The molecular formula is C10H14ClNO2S. The number of nitrogens with one attached hydrogen (secondary N) is 1. The van der Waals surface area contributed by atoms with E-state index < -0.39 is 0 Å². The molecule has 84 valence electrons. The molecule has 0 saturated carbocycles. The molecule has 3 nitrogen and oxygen atoms in total. The maximum atomic E-state index is 11.2. The summed E-state index contributed by atoms with van der Waals surface area (Å²) in [5.41, 5.74) is 1.08. The van der Waals surface area contributed by atoms with Crippen LogP contribution in [0.2, 0.25) is 4.34 Å². The molecule has 2 unspecified atom stereocenters. The standard InChI is InChI=1S/C10H14ClNO2S/c1-6(8-4-9(11)15-5-8)12-7(2)10(13)14-3/h4-7,12H,1-3H3. The van der Waals surface area contributed by atoms with Crippen molar-refractivity contribution >= 4 is 28.9 Å². The van der Waals surface area contributed by atoms with Gasteiger partial charge < -0.3 is 4.74 Å². The fraction of sp³-hybridized carbons (Fsp3) is 0.500. The summed E-state index contributed by atoms with van der Waals surface area (Å²) >= 11 is 7.31. The topological polar surface area (TPSA) is 38.3 Å². The molecule has 1 rings (SSSR count). The lowest BCUT2D eigenvalue weighted by atomic mass is 10.1. The van der Waals surface area contributed by atoms with Gasteiger partial charge in [0.05, 0.1) is 11.4 Å². The van der Waals surface area contributed by atoms with E-state index in [1.54, 1.807) is 6.92 Å². The minimum absolute atomic E-state index is 0.0860. The number of esters is 1. The first-order valence-electron chi connectivity index (χ1n) is 4.62. The smallest absolute Gasteiger partial charge is 0.322 e. The molecule has 0 spiro atoms. The molecule has 0 radical (unpaired) electrons. The number of methoxy groups -OCH3 is 1. The second-order valence-corrected chi connectivity index (χ2v) is 4.86. The van der Waals surface area contributed by atoms with Gasteiger partial charge in [0.15, 0.2) is 0 Å². The number of hydrogen-bond donors (Lipinski definition) is 1. The highest BCUT2D eigenvalue weighted by atomic mass is 35.5. The third-order valence-corrected chi connectivity index (χ3v) is 3.25. The third kappa shape index (κ3) is 3.48. The van der Waals surface area contributed by atoms with Gasteiger partial charge in [-0.25, -0.2) is 0 Å². The van der Waals surface area contributed by atoms with Crippen LogP contribution in [-0.2, 0) is 9.53 Å². The molecule has 1 heterocycles. The average molecular weight is 248 g/mol. The first-order chi connectivity index (χ1) is 7.04. The van der Waals surface area contributed by atoms with Gasteiger partial charge in [0.2, 0.25) is 0 Å². The number of halogens is 1. The Morgan fingerprint density at radius 3 is 2.73 bits per heavy atom. The Morgan fingerprint density at radius 1 is 1.60 bits per heavy atom. The van der Waals surface area contributed by atoms with Crippen molar-refractivity contribution in [2.75, 3.05) is 7.11 Å². The first kappa shape index (κ1) is 12.5. The Bertz CT molecular complexity index is 340. The summed E-state index contributed by atoms with van der Waals surface area (Å²) < 4.78 is 5.38. The van der Waals surface area contributed by atoms with E-state index in [4.69, 9.17) is 11.6 Å². The monoisotopic (exact) mass is 247 g/mol. The van der Waals surface area contributed by atoms with E-state index in [2.05, 4.69) is 10.1 Å². The molecule has 5 heteroatoms. The van der Waals surface area contributed by atoms with Crippen LogP contribution >= 0.6 is 22.9 Å². The summed E-state index contributed by atoms with van der Waals surface area (Å²) in [6, 6.07) is 1.67. The van der Waals surface area contributed by atoms with Crippen molar-refractivity contribution < 1.29 is 9.53 Å². The highest BCUT2D eigenvalue weighted by Gasteiger charge is 2.16. The molecular weight excluding hydrogens is 234 g/mol. The van der Waals surface area contributed by atoms with Crippen LogP contribution in [0.3, 0.4) is 0 Å². The molecule has 0 bridgehead atoms. The maximum Gasteiger partial charge on any atom is 0.322 e. The predicted octanol–water partition coefficient (Wildman–Crippen LogP) is 2.61. The van der Waals surface area contributed by atoms with E-state index in [0.29, 0.717) is 0 Å². The van der Waals surface area contributed by atoms with Gasteiger partial charge in [0.1, 0.15) is 6.04 Å². The van der Waals surface area contributed by atoms with Crippen molar-refractivity contribution in [1.29, 1.82) is 0 Å². The molecule has 0 fully saturated rings. The largest absolute Gasteiger partial charge is 0.468 e. The summed E-state index contributed by atoms with van der Waals surface area (Å²) in [7, 11) is 1.38. The highest BCUT2D eigenvalue weighted by Crippen LogP contribution is 2.24. The molecule has 1 aromatic rings. The molecule has 0 aliphatic rings. The fourth-order valence-electron chi connectivity index (χ4n) is 1.27. The zero-order valence-corrected chi connectivity index (χ0v) is 10.5. The molecule has 0 aliphatic carbocycles. The quantitative estimate of drug-likeness (QED) is 0.832. The van der Waals surface area contributed by atoms with Crippen molar-refractivity contribution in [1.82, 2.24) is 5.32 Å². The Morgan fingerprint density at radius 2 is 2.27 bits per heavy atom. The van der Waals surface area contributed by atoms with E-state index in [1.807, 2.05) is 18.4 Å². The van der Waals surface area contributed by atoms with Crippen LogP contribution in [0.15, 0.2) is 11.4 Å². The Hall–Kier alpha value is -0.580. The van der Waals surface area contributed by atoms with Gasteiger partial charge in [-0.1, -0.05) is 11.6 Å². The van der Waals surface area contributed by atoms with Gasteiger partial charge >= 0.3 is 5.97 Å². The summed E-state index contributed by atoms with van der Waals surface area (Å²) in [6.07, 6.45) is 0. The lowest BCUT2D eigenvalue weighted by Gasteiger charge is -2.17. The van der Waals surface area contributed by atoms with Crippen LogP contribution in [-0.4, -0.2) is 19.1 Å². The zero-order chi connectivity index (χ0) is 11.4. The number of carbonyl (C=O) groups excluding carboxylic acids is 1. The average Bonchev–Trinajstić information content (AvgIpc) is 2.63. The minimum atomic E-state index is -0.316. The molecule has 0 aliphatic heterocycles. The van der Waals surface area contributed by atoms with Crippen molar-refractivity contribution in [2.24, 2.45) is 0 Å². The SMILES string of the molecule is COC(=O)C(C)NC(C)c1csc(Cl)c1.